The Balaban J connectivity index is 1.98. The maximum atomic E-state index is 12.7. The Kier molecular flexibility index (Phi) is 8.03. The number of ether oxygens (including phenoxy) is 2. The van der Waals surface area contributed by atoms with Gasteiger partial charge in [0.05, 0.1) is 25.3 Å². The molecule has 2 unspecified atom stereocenters. The number of hydrogen-bond acceptors (Lipinski definition) is 4. The van der Waals surface area contributed by atoms with E-state index in [9.17, 15) is 9.59 Å². The molecule has 0 bridgehead atoms. The van der Waals surface area contributed by atoms with Gasteiger partial charge in [0.2, 0.25) is 5.91 Å². The Morgan fingerprint density at radius 1 is 1.00 bits per heavy atom. The van der Waals surface area contributed by atoms with Crippen LogP contribution in [0, 0.1) is 5.92 Å². The zero-order chi connectivity index (χ0) is 20.7. The van der Waals surface area contributed by atoms with Gasteiger partial charge in [0.25, 0.3) is 0 Å². The van der Waals surface area contributed by atoms with Crippen LogP contribution < -0.4 is 5.32 Å². The molecule has 150 valence electrons. The Labute approximate surface area is 171 Å². The lowest BCUT2D eigenvalue weighted by Gasteiger charge is -2.23. The first kappa shape index (κ1) is 21.9. The highest BCUT2D eigenvalue weighted by Gasteiger charge is 2.24. The number of carbonyl (C=O) groups excluding carboxylic acids is 2. The van der Waals surface area contributed by atoms with Crippen LogP contribution in [0.1, 0.15) is 48.3 Å². The van der Waals surface area contributed by atoms with Crippen molar-refractivity contribution in [1.29, 1.82) is 0 Å². The molecule has 0 saturated carbocycles. The monoisotopic (exact) mass is 403 g/mol. The zero-order valence-electron chi connectivity index (χ0n) is 16.6. The van der Waals surface area contributed by atoms with Crippen LogP contribution in [0.5, 0.6) is 0 Å². The summed E-state index contributed by atoms with van der Waals surface area (Å²) in [6.45, 7) is 6.11. The topological polar surface area (TPSA) is 64.6 Å². The molecule has 6 heteroatoms. The number of halogens is 1. The molecule has 0 heterocycles. The minimum absolute atomic E-state index is 0.0150. The minimum atomic E-state index is -0.576. The zero-order valence-corrected chi connectivity index (χ0v) is 17.3. The van der Waals surface area contributed by atoms with Crippen molar-refractivity contribution >= 4 is 23.5 Å². The van der Waals surface area contributed by atoms with Crippen LogP contribution in [0.15, 0.2) is 48.5 Å². The van der Waals surface area contributed by atoms with Crippen molar-refractivity contribution in [3.05, 3.63) is 70.2 Å². The van der Waals surface area contributed by atoms with Crippen molar-refractivity contribution in [2.45, 2.75) is 39.5 Å². The molecule has 0 spiro atoms. The molecule has 0 aliphatic heterocycles. The number of esters is 1. The van der Waals surface area contributed by atoms with Gasteiger partial charge in [-0.2, -0.15) is 0 Å². The van der Waals surface area contributed by atoms with Gasteiger partial charge in [0.15, 0.2) is 0 Å². The van der Waals surface area contributed by atoms with Gasteiger partial charge in [0, 0.05) is 5.02 Å². The Morgan fingerprint density at radius 2 is 1.61 bits per heavy atom. The van der Waals surface area contributed by atoms with Gasteiger partial charge in [-0.3, -0.25) is 4.79 Å². The maximum absolute atomic E-state index is 12.7. The predicted octanol–water partition coefficient (Wildman–Crippen LogP) is 4.55. The number of carbonyl (C=O) groups is 2. The fourth-order valence-corrected chi connectivity index (χ4v) is 2.87. The smallest absolute Gasteiger partial charge is 0.337 e. The van der Waals surface area contributed by atoms with Gasteiger partial charge in [-0.1, -0.05) is 49.7 Å². The highest BCUT2D eigenvalue weighted by atomic mass is 35.5. The van der Waals surface area contributed by atoms with E-state index in [1.165, 1.54) is 7.11 Å². The van der Waals surface area contributed by atoms with E-state index < -0.39 is 12.1 Å². The molecule has 0 saturated heterocycles. The summed E-state index contributed by atoms with van der Waals surface area (Å²) in [7, 11) is 1.34. The van der Waals surface area contributed by atoms with Gasteiger partial charge >= 0.3 is 5.97 Å². The minimum Gasteiger partial charge on any atom is -0.465 e. The van der Waals surface area contributed by atoms with E-state index in [1.807, 2.05) is 32.9 Å². The van der Waals surface area contributed by atoms with Crippen molar-refractivity contribution in [2.24, 2.45) is 5.92 Å². The Bertz CT molecular complexity index is 787. The average Bonchev–Trinajstić information content (AvgIpc) is 2.68. The summed E-state index contributed by atoms with van der Waals surface area (Å²) in [4.78, 5) is 24.3. The first-order valence-corrected chi connectivity index (χ1v) is 9.54. The van der Waals surface area contributed by atoms with Gasteiger partial charge < -0.3 is 14.8 Å². The summed E-state index contributed by atoms with van der Waals surface area (Å²) in [5.41, 5.74) is 2.31. The van der Waals surface area contributed by atoms with E-state index in [0.717, 1.165) is 11.1 Å². The molecule has 0 radical (unpaired) electrons. The lowest BCUT2D eigenvalue weighted by atomic mass is 10.0. The third-order valence-electron chi connectivity index (χ3n) is 4.40. The van der Waals surface area contributed by atoms with Crippen molar-refractivity contribution in [3.8, 4) is 0 Å². The van der Waals surface area contributed by atoms with E-state index in [0.29, 0.717) is 17.2 Å². The van der Waals surface area contributed by atoms with Gasteiger partial charge in [0.1, 0.15) is 6.10 Å². The first-order valence-electron chi connectivity index (χ1n) is 9.16. The number of nitrogens with one attached hydrogen (secondary N) is 1. The van der Waals surface area contributed by atoms with E-state index in [2.05, 4.69) is 5.32 Å². The summed E-state index contributed by atoms with van der Waals surface area (Å²) < 4.78 is 10.6. The summed E-state index contributed by atoms with van der Waals surface area (Å²) in [6.07, 6.45) is -0.576. The van der Waals surface area contributed by atoms with Crippen LogP contribution in [0.3, 0.4) is 0 Å². The van der Waals surface area contributed by atoms with E-state index in [4.69, 9.17) is 21.1 Å². The molecule has 0 aliphatic rings. The van der Waals surface area contributed by atoms with Crippen molar-refractivity contribution in [2.75, 3.05) is 7.11 Å². The summed E-state index contributed by atoms with van der Waals surface area (Å²) in [6, 6.07) is 14.1. The average molecular weight is 404 g/mol. The number of rotatable bonds is 8. The van der Waals surface area contributed by atoms with Crippen molar-refractivity contribution in [1.82, 2.24) is 5.32 Å². The molecule has 1 amide bonds. The standard InChI is InChI=1S/C22H26ClNO4/c1-14(2)20(28-13-16-5-11-19(23)12-6-16)21(25)24-15(3)17-7-9-18(10-8-17)22(26)27-4/h5-12,14-15,20H,13H2,1-4H3,(H,24,25). The van der Waals surface area contributed by atoms with E-state index in [1.54, 1.807) is 36.4 Å². The number of amides is 1. The van der Waals surface area contributed by atoms with Crippen LogP contribution in [0.25, 0.3) is 0 Å². The number of methoxy groups -OCH3 is 1. The molecule has 2 atom stereocenters. The molecule has 2 rings (SSSR count). The maximum Gasteiger partial charge on any atom is 0.337 e. The van der Waals surface area contributed by atoms with E-state index in [-0.39, 0.29) is 17.9 Å². The molecule has 0 aliphatic carbocycles. The van der Waals surface area contributed by atoms with Crippen molar-refractivity contribution < 1.29 is 19.1 Å². The quantitative estimate of drug-likeness (QED) is 0.657. The van der Waals surface area contributed by atoms with Gasteiger partial charge in [-0.15, -0.1) is 0 Å². The van der Waals surface area contributed by atoms with Crippen LogP contribution >= 0.6 is 11.6 Å². The molecular formula is C22H26ClNO4. The lowest BCUT2D eigenvalue weighted by Crippen LogP contribution is -2.40. The highest BCUT2D eigenvalue weighted by Crippen LogP contribution is 2.17. The molecular weight excluding hydrogens is 378 g/mol. The second kappa shape index (κ2) is 10.2. The van der Waals surface area contributed by atoms with Crippen LogP contribution in [0.4, 0.5) is 0 Å². The molecule has 2 aromatic carbocycles. The predicted molar refractivity (Wildman–Crippen MR) is 109 cm³/mol. The summed E-state index contributed by atoms with van der Waals surface area (Å²) >= 11 is 5.90. The lowest BCUT2D eigenvalue weighted by molar-refractivity contribution is -0.137. The molecule has 0 fully saturated rings. The van der Waals surface area contributed by atoms with Crippen molar-refractivity contribution in [3.63, 3.8) is 0 Å². The molecule has 2 aromatic rings. The SMILES string of the molecule is COC(=O)c1ccc(C(C)NC(=O)C(OCc2ccc(Cl)cc2)C(C)C)cc1. The van der Waals surface area contributed by atoms with Gasteiger partial charge in [-0.25, -0.2) is 4.79 Å². The normalized spacial score (nSPS) is 13.1. The second-order valence-corrected chi connectivity index (χ2v) is 7.38. The van der Waals surface area contributed by atoms with Crippen LogP contribution in [-0.2, 0) is 20.9 Å². The van der Waals surface area contributed by atoms with Crippen LogP contribution in [-0.4, -0.2) is 25.1 Å². The third-order valence-corrected chi connectivity index (χ3v) is 4.65. The second-order valence-electron chi connectivity index (χ2n) is 6.95. The third kappa shape index (κ3) is 6.08. The summed E-state index contributed by atoms with van der Waals surface area (Å²) in [5.74, 6) is -0.548. The number of benzene rings is 2. The fourth-order valence-electron chi connectivity index (χ4n) is 2.74. The first-order chi connectivity index (χ1) is 13.3. The highest BCUT2D eigenvalue weighted by molar-refractivity contribution is 6.30. The Hall–Kier alpha value is -2.37. The molecule has 28 heavy (non-hydrogen) atoms. The largest absolute Gasteiger partial charge is 0.465 e. The molecule has 5 nitrogen and oxygen atoms in total. The number of hydrogen-bond donors (Lipinski definition) is 1. The molecule has 0 aromatic heterocycles. The van der Waals surface area contributed by atoms with Crippen LogP contribution in [0.2, 0.25) is 5.02 Å². The van der Waals surface area contributed by atoms with Gasteiger partial charge in [-0.05, 0) is 48.2 Å². The van der Waals surface area contributed by atoms with E-state index >= 15 is 0 Å². The molecule has 1 N–H and O–H groups in total. The Morgan fingerprint density at radius 3 is 2.14 bits per heavy atom. The fraction of sp³-hybridized carbons (Fsp3) is 0.364. The summed E-state index contributed by atoms with van der Waals surface area (Å²) in [5, 5.41) is 3.65.